The molecule has 1 fully saturated rings. The van der Waals surface area contributed by atoms with Gasteiger partial charge in [-0.25, -0.2) is 8.78 Å². The lowest BCUT2D eigenvalue weighted by Gasteiger charge is -2.25. The smallest absolute Gasteiger partial charge is 0.242 e. The number of halogens is 2. The predicted molar refractivity (Wildman–Crippen MR) is 81.8 cm³/mol. The maximum Gasteiger partial charge on any atom is 0.242 e. The Hall–Kier alpha value is -2.51. The molecule has 8 heteroatoms. The Kier molecular flexibility index (Phi) is 5.83. The molecule has 0 radical (unpaired) electrons. The molecule has 1 heterocycles. The molecule has 2 atom stereocenters. The van der Waals surface area contributed by atoms with Gasteiger partial charge < -0.3 is 16.0 Å². The van der Waals surface area contributed by atoms with Crippen LogP contribution in [0.15, 0.2) is 18.2 Å². The number of carbonyl (C=O) groups is 3. The van der Waals surface area contributed by atoms with Gasteiger partial charge in [0.2, 0.25) is 17.7 Å². The summed E-state index contributed by atoms with van der Waals surface area (Å²) < 4.78 is 26.2. The van der Waals surface area contributed by atoms with Gasteiger partial charge in [0, 0.05) is 25.1 Å². The quantitative estimate of drug-likeness (QED) is 0.726. The van der Waals surface area contributed by atoms with E-state index < -0.39 is 23.6 Å². The Morgan fingerprint density at radius 2 is 1.96 bits per heavy atom. The second-order valence-corrected chi connectivity index (χ2v) is 5.79. The van der Waals surface area contributed by atoms with E-state index in [2.05, 4.69) is 16.0 Å². The van der Waals surface area contributed by atoms with Crippen LogP contribution < -0.4 is 16.0 Å². The van der Waals surface area contributed by atoms with E-state index in [4.69, 9.17) is 0 Å². The van der Waals surface area contributed by atoms with Crippen molar-refractivity contribution in [2.24, 2.45) is 0 Å². The van der Waals surface area contributed by atoms with Crippen LogP contribution >= 0.6 is 0 Å². The molecule has 3 amide bonds. The molecule has 1 aliphatic rings. The zero-order valence-electron chi connectivity index (χ0n) is 13.2. The summed E-state index contributed by atoms with van der Waals surface area (Å²) in [5.41, 5.74) is 0.188. The number of piperidine rings is 1. The third-order valence-electron chi connectivity index (χ3n) is 3.67. The van der Waals surface area contributed by atoms with E-state index in [1.54, 1.807) is 0 Å². The monoisotopic (exact) mass is 339 g/mol. The Morgan fingerprint density at radius 3 is 2.54 bits per heavy atom. The summed E-state index contributed by atoms with van der Waals surface area (Å²) in [6.45, 7) is 1.87. The molecule has 24 heavy (non-hydrogen) atoms. The summed E-state index contributed by atoms with van der Waals surface area (Å²) in [6, 6.07) is 1.89. The number of benzene rings is 1. The van der Waals surface area contributed by atoms with E-state index >= 15 is 0 Å². The molecule has 1 saturated heterocycles. The van der Waals surface area contributed by atoms with Gasteiger partial charge in [0.1, 0.15) is 17.7 Å². The number of hydrogen-bond donors (Lipinski definition) is 3. The highest BCUT2D eigenvalue weighted by Gasteiger charge is 2.23. The Morgan fingerprint density at radius 1 is 1.29 bits per heavy atom. The Bertz CT molecular complexity index is 621. The summed E-state index contributed by atoms with van der Waals surface area (Å²) in [6.07, 6.45) is 0.656. The molecule has 0 aromatic heterocycles. The molecule has 0 aliphatic carbocycles. The summed E-state index contributed by atoms with van der Waals surface area (Å²) in [4.78, 5) is 35.0. The van der Waals surface area contributed by atoms with Crippen molar-refractivity contribution in [3.05, 3.63) is 35.4 Å². The Labute approximate surface area is 138 Å². The van der Waals surface area contributed by atoms with Crippen molar-refractivity contribution >= 4 is 17.7 Å². The SMILES string of the molecule is C[C@H](NC(=O)Cc1cc(F)cc(F)c1)C(=O)NC1CCC(=O)NC1. The lowest BCUT2D eigenvalue weighted by molar-refractivity contribution is -0.129. The molecule has 0 bridgehead atoms. The highest BCUT2D eigenvalue weighted by Crippen LogP contribution is 2.09. The van der Waals surface area contributed by atoms with Crippen LogP contribution in [0.3, 0.4) is 0 Å². The molecule has 1 aromatic rings. The van der Waals surface area contributed by atoms with Crippen LogP contribution in [0, 0.1) is 11.6 Å². The van der Waals surface area contributed by atoms with Crippen LogP contribution in [-0.2, 0) is 20.8 Å². The van der Waals surface area contributed by atoms with Crippen molar-refractivity contribution in [1.82, 2.24) is 16.0 Å². The van der Waals surface area contributed by atoms with Crippen molar-refractivity contribution in [3.63, 3.8) is 0 Å². The Balaban J connectivity index is 1.82. The number of carbonyl (C=O) groups excluding carboxylic acids is 3. The zero-order chi connectivity index (χ0) is 17.7. The molecular formula is C16H19F2N3O3. The zero-order valence-corrected chi connectivity index (χ0v) is 13.2. The first-order valence-electron chi connectivity index (χ1n) is 7.65. The van der Waals surface area contributed by atoms with Crippen LogP contribution in [0.25, 0.3) is 0 Å². The minimum Gasteiger partial charge on any atom is -0.354 e. The summed E-state index contributed by atoms with van der Waals surface area (Å²) in [5.74, 6) is -2.47. The largest absolute Gasteiger partial charge is 0.354 e. The molecule has 6 nitrogen and oxygen atoms in total. The molecular weight excluding hydrogens is 320 g/mol. The maximum atomic E-state index is 13.1. The first-order valence-corrected chi connectivity index (χ1v) is 7.65. The predicted octanol–water partition coefficient (Wildman–Crippen LogP) is 0.407. The summed E-state index contributed by atoms with van der Waals surface area (Å²) >= 11 is 0. The van der Waals surface area contributed by atoms with E-state index in [0.717, 1.165) is 18.2 Å². The number of rotatable bonds is 5. The van der Waals surface area contributed by atoms with E-state index in [9.17, 15) is 23.2 Å². The van der Waals surface area contributed by atoms with Crippen molar-refractivity contribution in [2.75, 3.05) is 6.54 Å². The van der Waals surface area contributed by atoms with Gasteiger partial charge in [-0.05, 0) is 31.0 Å². The highest BCUT2D eigenvalue weighted by molar-refractivity contribution is 5.88. The molecule has 3 N–H and O–H groups in total. The molecule has 1 unspecified atom stereocenters. The van der Waals surface area contributed by atoms with Gasteiger partial charge in [-0.15, -0.1) is 0 Å². The van der Waals surface area contributed by atoms with Crippen LogP contribution in [0.1, 0.15) is 25.3 Å². The van der Waals surface area contributed by atoms with Crippen LogP contribution in [0.4, 0.5) is 8.78 Å². The third kappa shape index (κ3) is 5.29. The average molecular weight is 339 g/mol. The van der Waals surface area contributed by atoms with E-state index in [1.807, 2.05) is 0 Å². The average Bonchev–Trinajstić information content (AvgIpc) is 2.48. The number of nitrogens with one attached hydrogen (secondary N) is 3. The van der Waals surface area contributed by atoms with Crippen LogP contribution in [0.2, 0.25) is 0 Å². The molecule has 0 saturated carbocycles. The van der Waals surface area contributed by atoms with Crippen LogP contribution in [0.5, 0.6) is 0 Å². The van der Waals surface area contributed by atoms with Crippen LogP contribution in [-0.4, -0.2) is 36.3 Å². The first-order chi connectivity index (χ1) is 11.3. The molecule has 130 valence electrons. The molecule has 0 spiro atoms. The fourth-order valence-electron chi connectivity index (χ4n) is 2.44. The minimum atomic E-state index is -0.798. The van der Waals surface area contributed by atoms with E-state index in [1.165, 1.54) is 6.92 Å². The van der Waals surface area contributed by atoms with Gasteiger partial charge in [0.15, 0.2) is 0 Å². The number of amides is 3. The fourth-order valence-corrected chi connectivity index (χ4v) is 2.44. The van der Waals surface area contributed by atoms with Gasteiger partial charge >= 0.3 is 0 Å². The van der Waals surface area contributed by atoms with Gasteiger partial charge in [0.25, 0.3) is 0 Å². The molecule has 1 aliphatic heterocycles. The van der Waals surface area contributed by atoms with Crippen molar-refractivity contribution < 1.29 is 23.2 Å². The first kappa shape index (κ1) is 17.8. The molecule has 1 aromatic carbocycles. The standard InChI is InChI=1S/C16H19F2N3O3/c1-9(16(24)21-13-2-3-14(22)19-8-13)20-15(23)6-10-4-11(17)7-12(18)5-10/h4-5,7,9,13H,2-3,6,8H2,1H3,(H,19,22)(H,20,23)(H,21,24)/t9-,13?/m0/s1. The van der Waals surface area contributed by atoms with E-state index in [0.29, 0.717) is 19.4 Å². The maximum absolute atomic E-state index is 13.1. The minimum absolute atomic E-state index is 0.0517. The van der Waals surface area contributed by atoms with Crippen molar-refractivity contribution in [3.8, 4) is 0 Å². The topological polar surface area (TPSA) is 87.3 Å². The van der Waals surface area contributed by atoms with Gasteiger partial charge in [0.05, 0.1) is 6.42 Å². The summed E-state index contributed by atoms with van der Waals surface area (Å²) in [7, 11) is 0. The van der Waals surface area contributed by atoms with Gasteiger partial charge in [-0.3, -0.25) is 14.4 Å². The fraction of sp³-hybridized carbons (Fsp3) is 0.438. The van der Waals surface area contributed by atoms with Crippen molar-refractivity contribution in [1.29, 1.82) is 0 Å². The lowest BCUT2D eigenvalue weighted by atomic mass is 10.1. The normalized spacial score (nSPS) is 18.5. The lowest BCUT2D eigenvalue weighted by Crippen LogP contribution is -2.53. The third-order valence-corrected chi connectivity index (χ3v) is 3.67. The second kappa shape index (κ2) is 7.85. The van der Waals surface area contributed by atoms with E-state index in [-0.39, 0.29) is 29.8 Å². The summed E-state index contributed by atoms with van der Waals surface area (Å²) in [5, 5.41) is 7.87. The second-order valence-electron chi connectivity index (χ2n) is 5.79. The van der Waals surface area contributed by atoms with Crippen molar-refractivity contribution in [2.45, 2.75) is 38.3 Å². The van der Waals surface area contributed by atoms with Gasteiger partial charge in [-0.1, -0.05) is 0 Å². The highest BCUT2D eigenvalue weighted by atomic mass is 19.1. The number of hydrogen-bond acceptors (Lipinski definition) is 3. The van der Waals surface area contributed by atoms with Gasteiger partial charge in [-0.2, -0.15) is 0 Å². The molecule has 2 rings (SSSR count).